The van der Waals surface area contributed by atoms with Gasteiger partial charge >= 0.3 is 0 Å². The first-order valence-electron chi connectivity index (χ1n) is 9.96. The number of para-hydroxylation sites is 2. The Hall–Kier alpha value is -3.60. The summed E-state index contributed by atoms with van der Waals surface area (Å²) in [6.07, 6.45) is 0. The fourth-order valence-corrected chi connectivity index (χ4v) is 3.43. The van der Waals surface area contributed by atoms with Crippen LogP contribution < -0.4 is 16.2 Å². The third-order valence-corrected chi connectivity index (χ3v) is 5.48. The average Bonchev–Trinajstić information content (AvgIpc) is 2.77. The number of carbonyl (C=O) groups excluding carboxylic acids is 2. The van der Waals surface area contributed by atoms with Crippen LogP contribution >= 0.6 is 11.8 Å². The third-order valence-electron chi connectivity index (χ3n) is 4.51. The van der Waals surface area contributed by atoms with Crippen LogP contribution in [0.25, 0.3) is 11.3 Å². The predicted molar refractivity (Wildman–Crippen MR) is 122 cm³/mol. The van der Waals surface area contributed by atoms with Crippen LogP contribution in [0.15, 0.2) is 52.4 Å². The van der Waals surface area contributed by atoms with Gasteiger partial charge in [0.15, 0.2) is 10.9 Å². The summed E-state index contributed by atoms with van der Waals surface area (Å²) in [6, 6.07) is 9.92. The molecule has 2 aromatic carbocycles. The molecule has 3 rings (SSSR count). The second kappa shape index (κ2) is 10.3. The van der Waals surface area contributed by atoms with Crippen LogP contribution in [0.3, 0.4) is 0 Å². The van der Waals surface area contributed by atoms with E-state index in [1.807, 2.05) is 0 Å². The number of aromatic amines is 1. The fraction of sp³-hybridized carbons (Fsp3) is 0.227. The first-order chi connectivity index (χ1) is 15.7. The average molecular weight is 474 g/mol. The van der Waals surface area contributed by atoms with Crippen LogP contribution in [0.5, 0.6) is 0 Å². The summed E-state index contributed by atoms with van der Waals surface area (Å²) in [4.78, 5) is 39.6. The van der Waals surface area contributed by atoms with Crippen LogP contribution in [0.1, 0.15) is 20.8 Å². The number of amides is 2. The maximum absolute atomic E-state index is 13.8. The number of thioether (sulfide) groups is 1. The van der Waals surface area contributed by atoms with E-state index in [2.05, 4.69) is 25.8 Å². The van der Waals surface area contributed by atoms with Gasteiger partial charge in [0.05, 0.1) is 10.9 Å². The summed E-state index contributed by atoms with van der Waals surface area (Å²) < 4.78 is 27.5. The van der Waals surface area contributed by atoms with Crippen molar-refractivity contribution in [2.24, 2.45) is 5.92 Å². The summed E-state index contributed by atoms with van der Waals surface area (Å²) in [6.45, 7) is 4.98. The highest BCUT2D eigenvalue weighted by molar-refractivity contribution is 8.00. The van der Waals surface area contributed by atoms with E-state index in [9.17, 15) is 23.2 Å². The van der Waals surface area contributed by atoms with Crippen molar-refractivity contribution in [1.29, 1.82) is 0 Å². The van der Waals surface area contributed by atoms with Crippen LogP contribution in [0.2, 0.25) is 0 Å². The Morgan fingerprint density at radius 2 is 1.61 bits per heavy atom. The number of H-pyrrole nitrogens is 1. The summed E-state index contributed by atoms with van der Waals surface area (Å²) in [7, 11) is 0. The number of benzene rings is 2. The molecule has 0 saturated carbocycles. The monoisotopic (exact) mass is 473 g/mol. The number of hydrogen-bond acceptors (Lipinski definition) is 6. The van der Waals surface area contributed by atoms with E-state index in [0.29, 0.717) is 11.3 Å². The van der Waals surface area contributed by atoms with E-state index in [0.717, 1.165) is 23.9 Å². The second-order valence-electron chi connectivity index (χ2n) is 7.34. The lowest BCUT2D eigenvalue weighted by atomic mass is 10.1. The van der Waals surface area contributed by atoms with Crippen molar-refractivity contribution in [3.05, 3.63) is 64.5 Å². The molecule has 33 heavy (non-hydrogen) atoms. The van der Waals surface area contributed by atoms with Gasteiger partial charge in [-0.1, -0.05) is 49.9 Å². The summed E-state index contributed by atoms with van der Waals surface area (Å²) in [5, 5.41) is 12.1. The molecule has 3 aromatic rings. The smallest absolute Gasteiger partial charge is 0.278 e. The van der Waals surface area contributed by atoms with E-state index < -0.39 is 34.0 Å². The van der Waals surface area contributed by atoms with Crippen molar-refractivity contribution < 1.29 is 18.4 Å². The lowest BCUT2D eigenvalue weighted by molar-refractivity contribution is -0.119. The molecule has 1 heterocycles. The van der Waals surface area contributed by atoms with Gasteiger partial charge in [-0.3, -0.25) is 19.4 Å². The number of carbonyl (C=O) groups is 2. The maximum atomic E-state index is 13.8. The quantitative estimate of drug-likeness (QED) is 0.449. The normalized spacial score (nSPS) is 11.8. The minimum atomic E-state index is -0.902. The molecule has 11 heteroatoms. The van der Waals surface area contributed by atoms with E-state index in [1.54, 1.807) is 38.1 Å². The molecular formula is C22H21F2N5O3S. The molecule has 0 aliphatic rings. The van der Waals surface area contributed by atoms with Crippen molar-refractivity contribution in [3.63, 3.8) is 0 Å². The molecule has 1 aromatic heterocycles. The van der Waals surface area contributed by atoms with E-state index >= 15 is 0 Å². The first-order valence-corrected chi connectivity index (χ1v) is 10.8. The van der Waals surface area contributed by atoms with Gasteiger partial charge < -0.3 is 10.6 Å². The molecule has 0 unspecified atom stereocenters. The lowest BCUT2D eigenvalue weighted by Gasteiger charge is -2.13. The first kappa shape index (κ1) is 24.1. The Morgan fingerprint density at radius 1 is 0.939 bits per heavy atom. The highest BCUT2D eigenvalue weighted by Gasteiger charge is 2.21. The zero-order valence-electron chi connectivity index (χ0n) is 18.0. The Balaban J connectivity index is 1.77. The van der Waals surface area contributed by atoms with Gasteiger partial charge in [0, 0.05) is 11.5 Å². The van der Waals surface area contributed by atoms with Crippen LogP contribution in [0.4, 0.5) is 20.2 Å². The zero-order chi connectivity index (χ0) is 24.1. The molecule has 0 bridgehead atoms. The Bertz CT molecular complexity index is 1230. The van der Waals surface area contributed by atoms with Crippen molar-refractivity contribution in [2.75, 3.05) is 10.6 Å². The molecule has 1 atom stereocenters. The predicted octanol–water partition coefficient (Wildman–Crippen LogP) is 3.82. The molecule has 3 N–H and O–H groups in total. The summed E-state index contributed by atoms with van der Waals surface area (Å²) >= 11 is 0.864. The van der Waals surface area contributed by atoms with Gasteiger partial charge in [0.25, 0.3) is 5.56 Å². The molecule has 8 nitrogen and oxygen atoms in total. The van der Waals surface area contributed by atoms with E-state index in [1.165, 1.54) is 13.0 Å². The number of aromatic nitrogens is 3. The minimum absolute atomic E-state index is 0.00969. The molecule has 0 spiro atoms. The van der Waals surface area contributed by atoms with Crippen LogP contribution in [-0.2, 0) is 9.59 Å². The molecule has 0 aliphatic heterocycles. The van der Waals surface area contributed by atoms with Gasteiger partial charge in [0.1, 0.15) is 17.3 Å². The Labute approximate surface area is 192 Å². The lowest BCUT2D eigenvalue weighted by Crippen LogP contribution is -2.25. The van der Waals surface area contributed by atoms with E-state index in [-0.39, 0.29) is 22.7 Å². The van der Waals surface area contributed by atoms with Gasteiger partial charge in [-0.15, -0.1) is 10.2 Å². The van der Waals surface area contributed by atoms with Crippen molar-refractivity contribution in [1.82, 2.24) is 15.2 Å². The number of hydrogen-bond donors (Lipinski definition) is 3. The summed E-state index contributed by atoms with van der Waals surface area (Å²) in [5.41, 5.74) is -0.338. The number of rotatable bonds is 7. The molecule has 0 aliphatic carbocycles. The Morgan fingerprint density at radius 3 is 2.24 bits per heavy atom. The van der Waals surface area contributed by atoms with Crippen LogP contribution in [-0.4, -0.2) is 32.2 Å². The van der Waals surface area contributed by atoms with Gasteiger partial charge in [-0.2, -0.15) is 0 Å². The molecule has 172 valence electrons. The molecular weight excluding hydrogens is 452 g/mol. The van der Waals surface area contributed by atoms with Crippen molar-refractivity contribution in [2.45, 2.75) is 31.2 Å². The SMILES string of the molecule is CC(C)C(=O)Nc1ccccc1-c1nnc(S[C@@H](C)C(=O)Nc2c(F)cccc2F)[nH]c1=O. The molecule has 2 amide bonds. The molecule has 0 radical (unpaired) electrons. The number of nitrogens with one attached hydrogen (secondary N) is 3. The number of anilines is 2. The standard InChI is InChI=1S/C22H21F2N5O3S/c1-11(2)19(30)25-16-10-5-4-7-13(16)17-21(32)27-22(29-28-17)33-12(3)20(31)26-18-14(23)8-6-9-15(18)24/h4-12H,1-3H3,(H,25,30)(H,26,31)(H,27,29,32)/t12-/m0/s1. The number of halogens is 2. The summed E-state index contributed by atoms with van der Waals surface area (Å²) in [5.74, 6) is -2.96. The van der Waals surface area contributed by atoms with E-state index in [4.69, 9.17) is 0 Å². The zero-order valence-corrected chi connectivity index (χ0v) is 18.8. The fourth-order valence-electron chi connectivity index (χ4n) is 2.69. The van der Waals surface area contributed by atoms with Crippen LogP contribution in [0, 0.1) is 17.6 Å². The van der Waals surface area contributed by atoms with Gasteiger partial charge in [0.2, 0.25) is 11.8 Å². The molecule has 0 fully saturated rings. The third kappa shape index (κ3) is 5.80. The topological polar surface area (TPSA) is 117 Å². The second-order valence-corrected chi connectivity index (χ2v) is 8.67. The highest BCUT2D eigenvalue weighted by atomic mass is 32.2. The largest absolute Gasteiger partial charge is 0.325 e. The maximum Gasteiger partial charge on any atom is 0.278 e. The van der Waals surface area contributed by atoms with Gasteiger partial charge in [-0.05, 0) is 25.1 Å². The minimum Gasteiger partial charge on any atom is -0.325 e. The molecule has 0 saturated heterocycles. The van der Waals surface area contributed by atoms with Crippen molar-refractivity contribution in [3.8, 4) is 11.3 Å². The Kier molecular flexibility index (Phi) is 7.54. The van der Waals surface area contributed by atoms with Crippen molar-refractivity contribution >= 4 is 35.0 Å². The van der Waals surface area contributed by atoms with Gasteiger partial charge in [-0.25, -0.2) is 8.78 Å². The number of nitrogens with zero attached hydrogens (tertiary/aromatic N) is 2. The highest BCUT2D eigenvalue weighted by Crippen LogP contribution is 2.26.